The second-order valence-electron chi connectivity index (χ2n) is 3.24. The van der Waals surface area contributed by atoms with E-state index in [1.54, 1.807) is 31.3 Å². The molecule has 2 amide bonds. The maximum atomic E-state index is 10.9. The maximum absolute atomic E-state index is 10.9. The van der Waals surface area contributed by atoms with Crippen molar-refractivity contribution >= 4 is 11.7 Å². The number of anilines is 1. The molecule has 0 saturated heterocycles. The predicted molar refractivity (Wildman–Crippen MR) is 58.4 cm³/mol. The molecule has 82 valence electrons. The zero-order valence-corrected chi connectivity index (χ0v) is 8.55. The molecule has 0 radical (unpaired) electrons. The molecular formula is C10H15N3O2. The van der Waals surface area contributed by atoms with E-state index in [9.17, 15) is 9.90 Å². The molecule has 0 spiro atoms. The first-order valence-electron chi connectivity index (χ1n) is 4.57. The molecule has 5 heteroatoms. The number of amides is 2. The summed E-state index contributed by atoms with van der Waals surface area (Å²) < 4.78 is 0. The highest BCUT2D eigenvalue weighted by atomic mass is 16.3. The molecule has 0 saturated carbocycles. The first kappa shape index (κ1) is 11.5. The number of nitrogens with two attached hydrogens (primary N) is 2. The molecule has 1 atom stereocenters. The number of hydrogen-bond donors (Lipinski definition) is 3. The number of primary amides is 1. The highest BCUT2D eigenvalue weighted by Gasteiger charge is 2.08. The van der Waals surface area contributed by atoms with Crippen molar-refractivity contribution in [3.05, 3.63) is 29.8 Å². The molecule has 0 heterocycles. The van der Waals surface area contributed by atoms with Crippen LogP contribution in [0.5, 0.6) is 0 Å². The summed E-state index contributed by atoms with van der Waals surface area (Å²) in [4.78, 5) is 12.2. The van der Waals surface area contributed by atoms with E-state index >= 15 is 0 Å². The van der Waals surface area contributed by atoms with Crippen molar-refractivity contribution in [1.29, 1.82) is 0 Å². The highest BCUT2D eigenvalue weighted by Crippen LogP contribution is 2.17. The fraction of sp³-hybridized carbons (Fsp3) is 0.300. The van der Waals surface area contributed by atoms with Crippen molar-refractivity contribution in [3.8, 4) is 0 Å². The Morgan fingerprint density at radius 1 is 1.47 bits per heavy atom. The molecule has 15 heavy (non-hydrogen) atoms. The van der Waals surface area contributed by atoms with Gasteiger partial charge in [-0.05, 0) is 17.7 Å². The summed E-state index contributed by atoms with van der Waals surface area (Å²) in [6.45, 7) is 0.172. The van der Waals surface area contributed by atoms with Crippen LogP contribution in [0.25, 0.3) is 0 Å². The lowest BCUT2D eigenvalue weighted by atomic mass is 10.1. The van der Waals surface area contributed by atoms with Crippen LogP contribution in [-0.4, -0.2) is 24.7 Å². The lowest BCUT2D eigenvalue weighted by Crippen LogP contribution is -2.31. The van der Waals surface area contributed by atoms with Crippen molar-refractivity contribution in [2.45, 2.75) is 6.10 Å². The van der Waals surface area contributed by atoms with Crippen LogP contribution in [0.3, 0.4) is 0 Å². The van der Waals surface area contributed by atoms with Crippen LogP contribution in [0.4, 0.5) is 10.5 Å². The van der Waals surface area contributed by atoms with E-state index in [2.05, 4.69) is 0 Å². The summed E-state index contributed by atoms with van der Waals surface area (Å²) in [5, 5.41) is 9.44. The van der Waals surface area contributed by atoms with E-state index in [1.807, 2.05) is 0 Å². The molecule has 1 aromatic carbocycles. The molecule has 5 nitrogen and oxygen atoms in total. The van der Waals surface area contributed by atoms with Gasteiger partial charge in [-0.15, -0.1) is 0 Å². The third-order valence-electron chi connectivity index (χ3n) is 2.22. The van der Waals surface area contributed by atoms with Gasteiger partial charge in [0.15, 0.2) is 0 Å². The Labute approximate surface area is 88.3 Å². The van der Waals surface area contributed by atoms with Crippen molar-refractivity contribution in [2.24, 2.45) is 11.5 Å². The second-order valence-corrected chi connectivity index (χ2v) is 3.24. The molecule has 1 aromatic rings. The van der Waals surface area contributed by atoms with Crippen molar-refractivity contribution in [1.82, 2.24) is 0 Å². The number of benzene rings is 1. The van der Waals surface area contributed by atoms with Crippen molar-refractivity contribution < 1.29 is 9.90 Å². The highest BCUT2D eigenvalue weighted by molar-refractivity contribution is 5.89. The van der Waals surface area contributed by atoms with E-state index in [0.29, 0.717) is 5.69 Å². The molecule has 0 aromatic heterocycles. The van der Waals surface area contributed by atoms with E-state index in [4.69, 9.17) is 11.5 Å². The van der Waals surface area contributed by atoms with Gasteiger partial charge in [0, 0.05) is 19.3 Å². The average Bonchev–Trinajstić information content (AvgIpc) is 2.27. The molecule has 1 unspecified atom stereocenters. The number of carbonyl (C=O) groups is 1. The molecule has 5 N–H and O–H groups in total. The van der Waals surface area contributed by atoms with Gasteiger partial charge in [0.2, 0.25) is 0 Å². The van der Waals surface area contributed by atoms with Crippen LogP contribution >= 0.6 is 0 Å². The minimum atomic E-state index is -0.669. The van der Waals surface area contributed by atoms with Gasteiger partial charge in [-0.1, -0.05) is 12.1 Å². The standard InChI is InChI=1S/C10H15N3O2/c1-13(10(12)15)8-4-2-7(3-5-8)9(14)6-11/h2-5,9,14H,6,11H2,1H3,(H2,12,15). The van der Waals surface area contributed by atoms with Crippen LogP contribution in [0, 0.1) is 0 Å². The number of hydrogen-bond acceptors (Lipinski definition) is 3. The monoisotopic (exact) mass is 209 g/mol. The van der Waals surface area contributed by atoms with Gasteiger partial charge in [-0.25, -0.2) is 4.79 Å². The van der Waals surface area contributed by atoms with Gasteiger partial charge < -0.3 is 16.6 Å². The van der Waals surface area contributed by atoms with E-state index in [-0.39, 0.29) is 6.54 Å². The van der Waals surface area contributed by atoms with Crippen LogP contribution in [0.15, 0.2) is 24.3 Å². The Bertz CT molecular complexity index is 337. The smallest absolute Gasteiger partial charge is 0.318 e. The third-order valence-corrected chi connectivity index (χ3v) is 2.22. The van der Waals surface area contributed by atoms with Crippen LogP contribution in [0.2, 0.25) is 0 Å². The molecule has 0 aliphatic carbocycles. The molecular weight excluding hydrogens is 194 g/mol. The molecule has 0 aliphatic rings. The largest absolute Gasteiger partial charge is 0.387 e. The SMILES string of the molecule is CN(C(N)=O)c1ccc(C(O)CN)cc1. The van der Waals surface area contributed by atoms with Gasteiger partial charge in [0.25, 0.3) is 0 Å². The zero-order chi connectivity index (χ0) is 11.4. The summed E-state index contributed by atoms with van der Waals surface area (Å²) >= 11 is 0. The summed E-state index contributed by atoms with van der Waals surface area (Å²) in [5.74, 6) is 0. The number of carbonyl (C=O) groups excluding carboxylic acids is 1. The Morgan fingerprint density at radius 3 is 2.40 bits per heavy atom. The Morgan fingerprint density at radius 2 is 2.00 bits per heavy atom. The summed E-state index contributed by atoms with van der Waals surface area (Å²) in [6, 6.07) is 6.32. The quantitative estimate of drug-likeness (QED) is 0.663. The lowest BCUT2D eigenvalue weighted by molar-refractivity contribution is 0.187. The number of rotatable bonds is 3. The lowest BCUT2D eigenvalue weighted by Gasteiger charge is -2.15. The van der Waals surface area contributed by atoms with Gasteiger partial charge in [-0.3, -0.25) is 4.90 Å². The van der Waals surface area contributed by atoms with E-state index in [1.165, 1.54) is 4.90 Å². The first-order chi connectivity index (χ1) is 7.06. The fourth-order valence-electron chi connectivity index (χ4n) is 1.18. The third kappa shape index (κ3) is 2.68. The molecule has 0 fully saturated rings. The Hall–Kier alpha value is -1.59. The topological polar surface area (TPSA) is 92.6 Å². The maximum Gasteiger partial charge on any atom is 0.318 e. The average molecular weight is 209 g/mol. The van der Waals surface area contributed by atoms with Gasteiger partial charge in [0.1, 0.15) is 0 Å². The molecule has 0 bridgehead atoms. The number of aliphatic hydroxyl groups is 1. The van der Waals surface area contributed by atoms with E-state index in [0.717, 1.165) is 5.56 Å². The Balaban J connectivity index is 2.85. The van der Waals surface area contributed by atoms with Crippen LogP contribution in [0.1, 0.15) is 11.7 Å². The second kappa shape index (κ2) is 4.77. The van der Waals surface area contributed by atoms with Crippen LogP contribution in [-0.2, 0) is 0 Å². The number of aliphatic hydroxyl groups excluding tert-OH is 1. The first-order valence-corrected chi connectivity index (χ1v) is 4.57. The van der Waals surface area contributed by atoms with Crippen LogP contribution < -0.4 is 16.4 Å². The van der Waals surface area contributed by atoms with Crippen molar-refractivity contribution in [2.75, 3.05) is 18.5 Å². The molecule has 1 rings (SSSR count). The summed E-state index contributed by atoms with van der Waals surface area (Å²) in [6.07, 6.45) is -0.669. The van der Waals surface area contributed by atoms with Crippen molar-refractivity contribution in [3.63, 3.8) is 0 Å². The zero-order valence-electron chi connectivity index (χ0n) is 8.55. The summed E-state index contributed by atoms with van der Waals surface area (Å²) in [5.41, 5.74) is 11.8. The van der Waals surface area contributed by atoms with Gasteiger partial charge >= 0.3 is 6.03 Å². The van der Waals surface area contributed by atoms with E-state index < -0.39 is 12.1 Å². The summed E-state index contributed by atoms with van der Waals surface area (Å²) in [7, 11) is 1.58. The number of nitrogens with zero attached hydrogens (tertiary/aromatic N) is 1. The minimum absolute atomic E-state index is 0.172. The number of urea groups is 1. The minimum Gasteiger partial charge on any atom is -0.387 e. The normalized spacial score (nSPS) is 12.2. The fourth-order valence-corrected chi connectivity index (χ4v) is 1.18. The van der Waals surface area contributed by atoms with Gasteiger partial charge in [-0.2, -0.15) is 0 Å². The van der Waals surface area contributed by atoms with Gasteiger partial charge in [0.05, 0.1) is 6.10 Å². The predicted octanol–water partition coefficient (Wildman–Crippen LogP) is 0.194. The molecule has 0 aliphatic heterocycles. The Kier molecular flexibility index (Phi) is 3.65.